The molecule has 0 aliphatic heterocycles. The number of furan rings is 1. The molecule has 1 aliphatic carbocycles. The number of carbonyl (C=O) groups is 2. The van der Waals surface area contributed by atoms with Gasteiger partial charge in [0, 0.05) is 6.04 Å². The molecule has 1 saturated carbocycles. The molecule has 0 saturated heterocycles. The minimum Gasteiger partial charge on any atom is -0.462 e. The largest absolute Gasteiger partial charge is 0.462 e. The van der Waals surface area contributed by atoms with Gasteiger partial charge in [-0.1, -0.05) is 26.7 Å². The summed E-state index contributed by atoms with van der Waals surface area (Å²) in [5.41, 5.74) is -0.360. The van der Waals surface area contributed by atoms with Crippen molar-refractivity contribution < 1.29 is 18.7 Å². The van der Waals surface area contributed by atoms with E-state index in [1.807, 2.05) is 0 Å². The molecule has 1 N–H and O–H groups in total. The van der Waals surface area contributed by atoms with E-state index < -0.39 is 11.5 Å². The number of carbonyl (C=O) groups excluding carboxylic acids is 2. The van der Waals surface area contributed by atoms with Crippen LogP contribution in [0, 0.1) is 18.8 Å². The van der Waals surface area contributed by atoms with Crippen LogP contribution in [0.3, 0.4) is 0 Å². The molecule has 8 nitrogen and oxygen atoms in total. The van der Waals surface area contributed by atoms with Gasteiger partial charge < -0.3 is 14.5 Å². The molecule has 152 valence electrons. The number of amides is 1. The molecule has 1 amide bonds. The summed E-state index contributed by atoms with van der Waals surface area (Å²) < 4.78 is 11.6. The van der Waals surface area contributed by atoms with E-state index in [2.05, 4.69) is 24.1 Å². The molecule has 0 unspecified atom stereocenters. The van der Waals surface area contributed by atoms with E-state index in [1.54, 1.807) is 13.8 Å². The van der Waals surface area contributed by atoms with Gasteiger partial charge in [-0.2, -0.15) is 0 Å². The second-order valence-electron chi connectivity index (χ2n) is 7.55. The van der Waals surface area contributed by atoms with Crippen molar-refractivity contribution in [3.63, 3.8) is 0 Å². The minimum atomic E-state index is -0.634. The van der Waals surface area contributed by atoms with Crippen LogP contribution in [-0.2, 0) is 16.1 Å². The maximum atomic E-state index is 12.9. The zero-order valence-electron chi connectivity index (χ0n) is 16.8. The first-order valence-electron chi connectivity index (χ1n) is 9.78. The summed E-state index contributed by atoms with van der Waals surface area (Å²) in [6.45, 7) is 7.63. The van der Waals surface area contributed by atoms with Gasteiger partial charge in [0.15, 0.2) is 0 Å². The van der Waals surface area contributed by atoms with Gasteiger partial charge in [-0.05, 0) is 32.1 Å². The number of fused-ring (bicyclic) bond motifs is 1. The van der Waals surface area contributed by atoms with Gasteiger partial charge in [0.1, 0.15) is 29.6 Å². The lowest BCUT2D eigenvalue weighted by Crippen LogP contribution is -2.45. The zero-order valence-corrected chi connectivity index (χ0v) is 16.8. The summed E-state index contributed by atoms with van der Waals surface area (Å²) >= 11 is 0. The Morgan fingerprint density at radius 3 is 2.82 bits per heavy atom. The molecule has 0 spiro atoms. The van der Waals surface area contributed by atoms with Crippen molar-refractivity contribution in [2.45, 2.75) is 59.5 Å². The van der Waals surface area contributed by atoms with Crippen LogP contribution in [0.2, 0.25) is 0 Å². The summed E-state index contributed by atoms with van der Waals surface area (Å²) in [6, 6.07) is 0.106. The molecule has 1 aliphatic rings. The summed E-state index contributed by atoms with van der Waals surface area (Å²) in [5.74, 6) is 0.338. The van der Waals surface area contributed by atoms with Gasteiger partial charge in [0.2, 0.25) is 11.6 Å². The number of nitrogens with one attached hydrogen (secondary N) is 1. The monoisotopic (exact) mass is 389 g/mol. The molecule has 0 aromatic carbocycles. The highest BCUT2D eigenvalue weighted by atomic mass is 16.5. The normalized spacial score (nSPS) is 22.2. The minimum absolute atomic E-state index is 0.0471. The van der Waals surface area contributed by atoms with Crippen LogP contribution in [0.25, 0.3) is 11.1 Å². The van der Waals surface area contributed by atoms with Gasteiger partial charge in [-0.25, -0.2) is 9.78 Å². The van der Waals surface area contributed by atoms with Gasteiger partial charge in [-0.3, -0.25) is 14.2 Å². The predicted octanol–water partition coefficient (Wildman–Crippen LogP) is 2.42. The molecule has 0 bridgehead atoms. The van der Waals surface area contributed by atoms with Crippen LogP contribution in [0.5, 0.6) is 0 Å². The number of hydrogen-bond acceptors (Lipinski definition) is 6. The number of aromatic nitrogens is 2. The molecule has 8 heteroatoms. The molecule has 2 aromatic rings. The standard InChI is InChI=1S/C20H27N3O5/c1-5-27-20(26)16-13(4)28-18-17(16)19(25)23(10-21-18)9-15(24)22-14-8-6-7-11(2)12(14)3/h10-12,14H,5-9H2,1-4H3,(H,22,24)/t11-,12-,14-/m1/s1. The molecule has 2 heterocycles. The van der Waals surface area contributed by atoms with E-state index in [9.17, 15) is 14.4 Å². The Hall–Kier alpha value is -2.64. The smallest absolute Gasteiger partial charge is 0.342 e. The second kappa shape index (κ2) is 8.16. The highest BCUT2D eigenvalue weighted by molar-refractivity contribution is 6.03. The first kappa shape index (κ1) is 20.1. The number of rotatable bonds is 5. The molecule has 3 rings (SSSR count). The Balaban J connectivity index is 1.84. The predicted molar refractivity (Wildman–Crippen MR) is 103 cm³/mol. The third-order valence-electron chi connectivity index (χ3n) is 5.70. The summed E-state index contributed by atoms with van der Waals surface area (Å²) in [7, 11) is 0. The van der Waals surface area contributed by atoms with Gasteiger partial charge in [0.05, 0.1) is 6.61 Å². The molecule has 3 atom stereocenters. The summed E-state index contributed by atoms with van der Waals surface area (Å²) in [5, 5.41) is 3.09. The van der Waals surface area contributed by atoms with Crippen molar-refractivity contribution in [3.8, 4) is 0 Å². The molecule has 0 radical (unpaired) electrons. The zero-order chi connectivity index (χ0) is 20.4. The maximum absolute atomic E-state index is 12.9. The number of esters is 1. The van der Waals surface area contributed by atoms with Crippen LogP contribution in [0.4, 0.5) is 0 Å². The van der Waals surface area contributed by atoms with Crippen molar-refractivity contribution in [2.24, 2.45) is 11.8 Å². The fourth-order valence-corrected chi connectivity index (χ4v) is 3.89. The maximum Gasteiger partial charge on any atom is 0.342 e. The Morgan fingerprint density at radius 2 is 2.11 bits per heavy atom. The lowest BCUT2D eigenvalue weighted by molar-refractivity contribution is -0.123. The molecular weight excluding hydrogens is 362 g/mol. The first-order valence-corrected chi connectivity index (χ1v) is 9.78. The Labute approximate surface area is 163 Å². The van der Waals surface area contributed by atoms with E-state index in [4.69, 9.17) is 9.15 Å². The number of nitrogens with zero attached hydrogens (tertiary/aromatic N) is 2. The average Bonchev–Trinajstić information content (AvgIpc) is 2.98. The van der Waals surface area contributed by atoms with Gasteiger partial charge in [0.25, 0.3) is 5.56 Å². The van der Waals surface area contributed by atoms with Crippen molar-refractivity contribution in [3.05, 3.63) is 28.0 Å². The van der Waals surface area contributed by atoms with E-state index in [0.29, 0.717) is 11.8 Å². The lowest BCUT2D eigenvalue weighted by atomic mass is 9.78. The second-order valence-corrected chi connectivity index (χ2v) is 7.55. The average molecular weight is 389 g/mol. The van der Waals surface area contributed by atoms with Crippen LogP contribution in [0.1, 0.15) is 56.2 Å². The highest BCUT2D eigenvalue weighted by Crippen LogP contribution is 2.29. The van der Waals surface area contributed by atoms with Gasteiger partial charge in [-0.15, -0.1) is 0 Å². The third kappa shape index (κ3) is 3.81. The molecule has 28 heavy (non-hydrogen) atoms. The Bertz CT molecular complexity index is 945. The lowest BCUT2D eigenvalue weighted by Gasteiger charge is -2.34. The van der Waals surface area contributed by atoms with Crippen molar-refractivity contribution in [2.75, 3.05) is 6.61 Å². The van der Waals surface area contributed by atoms with Crippen molar-refractivity contribution >= 4 is 23.0 Å². The Kier molecular flexibility index (Phi) is 5.86. The van der Waals surface area contributed by atoms with Crippen LogP contribution in [-0.4, -0.2) is 34.1 Å². The Morgan fingerprint density at radius 1 is 1.36 bits per heavy atom. The number of hydrogen-bond donors (Lipinski definition) is 1. The van der Waals surface area contributed by atoms with E-state index in [1.165, 1.54) is 17.3 Å². The SMILES string of the molecule is CCOC(=O)c1c(C)oc2ncn(CC(=O)N[C@@H]3CCC[C@@H](C)[C@H]3C)c(=O)c12. The number of aryl methyl sites for hydroxylation is 1. The van der Waals surface area contributed by atoms with Crippen LogP contribution < -0.4 is 10.9 Å². The topological polar surface area (TPSA) is 103 Å². The van der Waals surface area contributed by atoms with E-state index >= 15 is 0 Å². The van der Waals surface area contributed by atoms with Crippen LogP contribution in [0.15, 0.2) is 15.5 Å². The third-order valence-corrected chi connectivity index (χ3v) is 5.70. The molecule has 2 aromatic heterocycles. The van der Waals surface area contributed by atoms with E-state index in [-0.39, 0.29) is 47.5 Å². The van der Waals surface area contributed by atoms with Crippen molar-refractivity contribution in [1.29, 1.82) is 0 Å². The fourth-order valence-electron chi connectivity index (χ4n) is 3.89. The fraction of sp³-hybridized carbons (Fsp3) is 0.600. The summed E-state index contributed by atoms with van der Waals surface area (Å²) in [6.07, 6.45) is 4.47. The van der Waals surface area contributed by atoms with Crippen molar-refractivity contribution in [1.82, 2.24) is 14.9 Å². The quantitative estimate of drug-likeness (QED) is 0.788. The van der Waals surface area contributed by atoms with Gasteiger partial charge >= 0.3 is 5.97 Å². The van der Waals surface area contributed by atoms with Crippen LogP contribution >= 0.6 is 0 Å². The summed E-state index contributed by atoms with van der Waals surface area (Å²) in [4.78, 5) is 41.7. The number of ether oxygens (including phenoxy) is 1. The highest BCUT2D eigenvalue weighted by Gasteiger charge is 2.29. The molecule has 1 fully saturated rings. The molecular formula is C20H27N3O5. The first-order chi connectivity index (χ1) is 13.3. The van der Waals surface area contributed by atoms with E-state index in [0.717, 1.165) is 12.8 Å².